The Bertz CT molecular complexity index is 469. The van der Waals surface area contributed by atoms with Crippen LogP contribution in [0.1, 0.15) is 42.6 Å². The molecule has 1 aromatic rings. The van der Waals surface area contributed by atoms with Crippen LogP contribution < -0.4 is 0 Å². The van der Waals surface area contributed by atoms with Gasteiger partial charge in [0.1, 0.15) is 5.78 Å². The average Bonchev–Trinajstić information content (AvgIpc) is 2.27. The molecule has 0 bridgehead atoms. The molecule has 3 heteroatoms. The summed E-state index contributed by atoms with van der Waals surface area (Å²) in [7, 11) is 0. The molecule has 0 saturated carbocycles. The molecule has 88 valence electrons. The van der Waals surface area contributed by atoms with Crippen molar-refractivity contribution in [2.75, 3.05) is 0 Å². The maximum atomic E-state index is 11.8. The first-order valence-corrected chi connectivity index (χ1v) is 5.58. The molecule has 0 fully saturated rings. The Morgan fingerprint density at radius 3 is 2.53 bits per heavy atom. The minimum Gasteiger partial charge on any atom is -0.299 e. The molecule has 0 unspecified atom stereocenters. The van der Waals surface area contributed by atoms with Gasteiger partial charge in [0.15, 0.2) is 5.78 Å². The summed E-state index contributed by atoms with van der Waals surface area (Å²) in [6.07, 6.45) is 0.289. The predicted molar refractivity (Wildman–Crippen MR) is 64.6 cm³/mol. The fourth-order valence-corrected chi connectivity index (χ4v) is 1.63. The molecule has 1 rings (SSSR count). The molecule has 0 heterocycles. The van der Waals surface area contributed by atoms with Crippen molar-refractivity contribution < 1.29 is 9.59 Å². The van der Waals surface area contributed by atoms with Gasteiger partial charge < -0.3 is 0 Å². The number of Topliss-reactive ketones (excluding diaryl/α,β-unsaturated/α-hetero) is 2. The topological polar surface area (TPSA) is 57.9 Å². The minimum atomic E-state index is -0.271. The number of nitriles is 1. The molecule has 17 heavy (non-hydrogen) atoms. The first kappa shape index (κ1) is 13.1. The molecule has 0 aliphatic rings. The van der Waals surface area contributed by atoms with Crippen LogP contribution >= 0.6 is 0 Å². The number of carbonyl (C=O) groups is 2. The molecule has 0 amide bonds. The lowest BCUT2D eigenvalue weighted by molar-refractivity contribution is -0.118. The van der Waals surface area contributed by atoms with E-state index < -0.39 is 0 Å². The van der Waals surface area contributed by atoms with Gasteiger partial charge in [0.2, 0.25) is 0 Å². The molecule has 0 aromatic heterocycles. The third-order valence-corrected chi connectivity index (χ3v) is 2.34. The van der Waals surface area contributed by atoms with Gasteiger partial charge in [-0.3, -0.25) is 9.59 Å². The Kier molecular flexibility index (Phi) is 4.59. The van der Waals surface area contributed by atoms with Crippen LogP contribution in [0.2, 0.25) is 0 Å². The summed E-state index contributed by atoms with van der Waals surface area (Å²) < 4.78 is 0. The van der Waals surface area contributed by atoms with Crippen molar-refractivity contribution in [1.82, 2.24) is 0 Å². The second-order valence-electron chi connectivity index (χ2n) is 4.39. The highest BCUT2D eigenvalue weighted by Gasteiger charge is 2.15. The molecule has 0 atom stereocenters. The Labute approximate surface area is 101 Å². The minimum absolute atomic E-state index is 0.0715. The summed E-state index contributed by atoms with van der Waals surface area (Å²) >= 11 is 0. The fraction of sp³-hybridized carbons (Fsp3) is 0.357. The van der Waals surface area contributed by atoms with Gasteiger partial charge in [-0.05, 0) is 12.0 Å². The van der Waals surface area contributed by atoms with E-state index in [-0.39, 0.29) is 23.9 Å². The van der Waals surface area contributed by atoms with Gasteiger partial charge in [-0.2, -0.15) is 5.26 Å². The molecule has 0 aliphatic carbocycles. The van der Waals surface area contributed by atoms with Crippen LogP contribution in [0.25, 0.3) is 0 Å². The summed E-state index contributed by atoms with van der Waals surface area (Å²) in [6.45, 7) is 3.87. The number of benzene rings is 1. The highest BCUT2D eigenvalue weighted by Crippen LogP contribution is 2.12. The molecule has 1 aromatic carbocycles. The Balaban J connectivity index is 2.77. The molecule has 0 spiro atoms. The zero-order valence-electron chi connectivity index (χ0n) is 10.1. The predicted octanol–water partition coefficient (Wildman–Crippen LogP) is 2.75. The molecular weight excluding hydrogens is 214 g/mol. The first-order chi connectivity index (χ1) is 8.04. The van der Waals surface area contributed by atoms with Crippen LogP contribution in [-0.4, -0.2) is 11.6 Å². The van der Waals surface area contributed by atoms with Gasteiger partial charge in [-0.1, -0.05) is 32.0 Å². The maximum Gasteiger partial charge on any atom is 0.171 e. The highest BCUT2D eigenvalue weighted by molar-refractivity contribution is 6.09. The third kappa shape index (κ3) is 3.84. The van der Waals surface area contributed by atoms with Gasteiger partial charge >= 0.3 is 0 Å². The van der Waals surface area contributed by atoms with Crippen molar-refractivity contribution in [3.8, 4) is 6.07 Å². The third-order valence-electron chi connectivity index (χ3n) is 2.34. The molecule has 0 saturated heterocycles. The number of hydrogen-bond acceptors (Lipinski definition) is 3. The van der Waals surface area contributed by atoms with Crippen molar-refractivity contribution in [2.24, 2.45) is 5.92 Å². The largest absolute Gasteiger partial charge is 0.299 e. The molecule has 0 radical (unpaired) electrons. The van der Waals surface area contributed by atoms with Crippen LogP contribution in [0.15, 0.2) is 24.3 Å². The number of rotatable bonds is 5. The van der Waals surface area contributed by atoms with E-state index in [1.807, 2.05) is 19.9 Å². The van der Waals surface area contributed by atoms with Crippen LogP contribution in [0.3, 0.4) is 0 Å². The van der Waals surface area contributed by atoms with Crippen LogP contribution in [-0.2, 0) is 4.79 Å². The smallest absolute Gasteiger partial charge is 0.171 e. The van der Waals surface area contributed by atoms with E-state index >= 15 is 0 Å². The number of carbonyl (C=O) groups excluding carboxylic acids is 2. The van der Waals surface area contributed by atoms with Gasteiger partial charge in [0.05, 0.1) is 18.1 Å². The van der Waals surface area contributed by atoms with Gasteiger partial charge in [-0.15, -0.1) is 0 Å². The zero-order chi connectivity index (χ0) is 12.8. The lowest BCUT2D eigenvalue weighted by Crippen LogP contribution is -2.11. The van der Waals surface area contributed by atoms with Gasteiger partial charge in [-0.25, -0.2) is 0 Å². The lowest BCUT2D eigenvalue weighted by Gasteiger charge is -2.04. The van der Waals surface area contributed by atoms with Crippen LogP contribution in [0.5, 0.6) is 0 Å². The van der Waals surface area contributed by atoms with E-state index in [0.717, 1.165) is 0 Å². The zero-order valence-corrected chi connectivity index (χ0v) is 10.1. The monoisotopic (exact) mass is 229 g/mol. The van der Waals surface area contributed by atoms with E-state index in [2.05, 4.69) is 0 Å². The van der Waals surface area contributed by atoms with Crippen LogP contribution in [0, 0.1) is 17.2 Å². The number of ketones is 2. The van der Waals surface area contributed by atoms with Crippen molar-refractivity contribution in [3.05, 3.63) is 35.4 Å². The Hall–Kier alpha value is -1.95. The van der Waals surface area contributed by atoms with Crippen molar-refractivity contribution >= 4 is 11.6 Å². The fourth-order valence-electron chi connectivity index (χ4n) is 1.63. The Morgan fingerprint density at radius 2 is 1.94 bits per heavy atom. The van der Waals surface area contributed by atoms with E-state index in [1.165, 1.54) is 0 Å². The average molecular weight is 229 g/mol. The lowest BCUT2D eigenvalue weighted by atomic mass is 9.97. The first-order valence-electron chi connectivity index (χ1n) is 5.58. The summed E-state index contributed by atoms with van der Waals surface area (Å²) in [5.41, 5.74) is 0.668. The van der Waals surface area contributed by atoms with E-state index in [1.54, 1.807) is 24.3 Å². The van der Waals surface area contributed by atoms with Gasteiger partial charge in [0.25, 0.3) is 0 Å². The molecular formula is C14H15NO2. The maximum absolute atomic E-state index is 11.8. The Morgan fingerprint density at radius 1 is 1.29 bits per heavy atom. The number of hydrogen-bond donors (Lipinski definition) is 0. The molecule has 0 N–H and O–H groups in total. The summed E-state index contributed by atoms with van der Waals surface area (Å²) in [4.78, 5) is 23.4. The second kappa shape index (κ2) is 5.95. The van der Waals surface area contributed by atoms with Crippen LogP contribution in [0.4, 0.5) is 0 Å². The SMILES string of the molecule is CC(C)CC(=O)CC(=O)c1ccccc1C#N. The van der Waals surface area contributed by atoms with Gasteiger partial charge in [0, 0.05) is 12.0 Å². The second-order valence-corrected chi connectivity index (χ2v) is 4.39. The standard InChI is InChI=1S/C14H15NO2/c1-10(2)7-12(16)8-14(17)13-6-4-3-5-11(13)9-15/h3-6,10H,7-8H2,1-2H3. The molecule has 3 nitrogen and oxygen atoms in total. The quantitative estimate of drug-likeness (QED) is 0.576. The summed E-state index contributed by atoms with van der Waals surface area (Å²) in [5, 5.41) is 8.86. The normalized spacial score (nSPS) is 10.0. The van der Waals surface area contributed by atoms with Crippen molar-refractivity contribution in [2.45, 2.75) is 26.7 Å². The van der Waals surface area contributed by atoms with Crippen molar-refractivity contribution in [1.29, 1.82) is 5.26 Å². The summed E-state index contributed by atoms with van der Waals surface area (Å²) in [6, 6.07) is 8.52. The van der Waals surface area contributed by atoms with E-state index in [4.69, 9.17) is 5.26 Å². The van der Waals surface area contributed by atoms with Crippen molar-refractivity contribution in [3.63, 3.8) is 0 Å². The van der Waals surface area contributed by atoms with E-state index in [0.29, 0.717) is 17.5 Å². The molecule has 0 aliphatic heterocycles. The van der Waals surface area contributed by atoms with E-state index in [9.17, 15) is 9.59 Å². The summed E-state index contributed by atoms with van der Waals surface area (Å²) in [5.74, 6) is -0.0907. The number of nitrogens with zero attached hydrogens (tertiary/aromatic N) is 1. The highest BCUT2D eigenvalue weighted by atomic mass is 16.1.